The standard InChI is InChI=1S/C28H18N6O3S2/c35-25-23(18-22-16-17-24(37-22)39-27-29-30-31-34(27)21-14-8-3-9-15-21)26(36)33(20-12-6-2-7-13-20)28(38)32(25)19-10-4-1-5-11-19/h1-18H. The van der Waals surface area contributed by atoms with Gasteiger partial charge >= 0.3 is 0 Å². The Kier molecular flexibility index (Phi) is 6.57. The van der Waals surface area contributed by atoms with E-state index < -0.39 is 11.8 Å². The van der Waals surface area contributed by atoms with Gasteiger partial charge in [-0.1, -0.05) is 54.6 Å². The highest BCUT2D eigenvalue weighted by atomic mass is 32.2. The first-order chi connectivity index (χ1) is 19.1. The van der Waals surface area contributed by atoms with Crippen molar-refractivity contribution in [3.05, 3.63) is 114 Å². The highest BCUT2D eigenvalue weighted by molar-refractivity contribution is 7.99. The van der Waals surface area contributed by atoms with Gasteiger partial charge in [-0.3, -0.25) is 19.4 Å². The first kappa shape index (κ1) is 24.5. The molecular formula is C28H18N6O3S2. The number of rotatable bonds is 6. The van der Waals surface area contributed by atoms with Crippen LogP contribution in [-0.2, 0) is 9.59 Å². The molecule has 11 heteroatoms. The summed E-state index contributed by atoms with van der Waals surface area (Å²) in [6.07, 6.45) is 1.43. The Morgan fingerprint density at radius 2 is 1.26 bits per heavy atom. The summed E-state index contributed by atoms with van der Waals surface area (Å²) in [7, 11) is 0. The zero-order chi connectivity index (χ0) is 26.8. The summed E-state index contributed by atoms with van der Waals surface area (Å²) in [5.74, 6) is -0.759. The lowest BCUT2D eigenvalue weighted by Gasteiger charge is -2.36. The Bertz CT molecular complexity index is 1640. The molecule has 2 aromatic heterocycles. The van der Waals surface area contributed by atoms with E-state index in [-0.39, 0.29) is 10.7 Å². The van der Waals surface area contributed by atoms with Crippen LogP contribution in [0, 0.1) is 0 Å². The molecule has 9 nitrogen and oxygen atoms in total. The van der Waals surface area contributed by atoms with Gasteiger partial charge in [-0.05, 0) is 89.0 Å². The number of hydrogen-bond donors (Lipinski definition) is 0. The molecule has 6 rings (SSSR count). The second kappa shape index (κ2) is 10.5. The van der Waals surface area contributed by atoms with Gasteiger partial charge in [0.15, 0.2) is 10.2 Å². The van der Waals surface area contributed by atoms with Crippen LogP contribution < -0.4 is 9.80 Å². The van der Waals surface area contributed by atoms with Gasteiger partial charge in [0.05, 0.1) is 17.1 Å². The molecule has 1 aliphatic rings. The minimum Gasteiger partial charge on any atom is -0.450 e. The molecule has 1 saturated heterocycles. The number of thiocarbonyl (C=S) groups is 1. The number of aromatic nitrogens is 4. The third kappa shape index (κ3) is 4.76. The Labute approximate surface area is 232 Å². The fraction of sp³-hybridized carbons (Fsp3) is 0. The molecule has 0 aliphatic carbocycles. The number of amides is 2. The quantitative estimate of drug-likeness (QED) is 0.163. The molecule has 0 bridgehead atoms. The van der Waals surface area contributed by atoms with E-state index in [0.717, 1.165) is 5.69 Å². The maximum absolute atomic E-state index is 13.6. The molecule has 0 radical (unpaired) electrons. The van der Waals surface area contributed by atoms with Gasteiger partial charge in [0.2, 0.25) is 5.16 Å². The van der Waals surface area contributed by atoms with Crippen molar-refractivity contribution in [2.45, 2.75) is 10.2 Å². The van der Waals surface area contributed by atoms with Gasteiger partial charge in [-0.15, -0.1) is 5.10 Å². The SMILES string of the molecule is O=C1C(=Cc2ccc(Sc3nnnn3-c3ccccc3)o2)C(=O)N(c2ccccc2)C(=S)N1c1ccccc1. The van der Waals surface area contributed by atoms with Gasteiger partial charge in [-0.25, -0.2) is 0 Å². The van der Waals surface area contributed by atoms with Crippen LogP contribution in [0.2, 0.25) is 0 Å². The highest BCUT2D eigenvalue weighted by Gasteiger charge is 2.41. The average molecular weight is 551 g/mol. The summed E-state index contributed by atoms with van der Waals surface area (Å²) in [5, 5.41) is 13.0. The van der Waals surface area contributed by atoms with Crippen molar-refractivity contribution in [1.29, 1.82) is 0 Å². The number of nitrogens with zero attached hydrogens (tertiary/aromatic N) is 6. The Morgan fingerprint density at radius 3 is 1.82 bits per heavy atom. The Balaban J connectivity index is 1.34. The summed E-state index contributed by atoms with van der Waals surface area (Å²) in [5.41, 5.74) is 1.82. The van der Waals surface area contributed by atoms with Crippen LogP contribution in [-0.4, -0.2) is 37.1 Å². The fourth-order valence-corrected chi connectivity index (χ4v) is 5.15. The summed E-state index contributed by atoms with van der Waals surface area (Å²) in [6.45, 7) is 0. The predicted octanol–water partition coefficient (Wildman–Crippen LogP) is 5.15. The Morgan fingerprint density at radius 1 is 0.718 bits per heavy atom. The van der Waals surface area contributed by atoms with E-state index in [4.69, 9.17) is 16.6 Å². The molecule has 39 heavy (non-hydrogen) atoms. The molecule has 0 unspecified atom stereocenters. The number of tetrazole rings is 1. The highest BCUT2D eigenvalue weighted by Crippen LogP contribution is 2.32. The van der Waals surface area contributed by atoms with Crippen LogP contribution in [0.1, 0.15) is 5.76 Å². The summed E-state index contributed by atoms with van der Waals surface area (Å²) in [6, 6.07) is 30.8. The normalized spacial score (nSPS) is 13.7. The number of furan rings is 1. The summed E-state index contributed by atoms with van der Waals surface area (Å²) >= 11 is 6.86. The maximum Gasteiger partial charge on any atom is 0.270 e. The molecule has 0 N–H and O–H groups in total. The number of hydrogen-bond acceptors (Lipinski definition) is 8. The van der Waals surface area contributed by atoms with E-state index in [0.29, 0.717) is 27.4 Å². The molecule has 190 valence electrons. The number of benzene rings is 3. The summed E-state index contributed by atoms with van der Waals surface area (Å²) in [4.78, 5) is 30.0. The van der Waals surface area contributed by atoms with Crippen molar-refractivity contribution in [1.82, 2.24) is 20.2 Å². The van der Waals surface area contributed by atoms with Crippen molar-refractivity contribution in [2.24, 2.45) is 0 Å². The van der Waals surface area contributed by atoms with Gasteiger partial charge in [0.25, 0.3) is 11.8 Å². The largest absolute Gasteiger partial charge is 0.450 e. The number of carbonyl (C=O) groups is 2. The minimum atomic E-state index is -0.540. The van der Waals surface area contributed by atoms with Crippen molar-refractivity contribution >= 4 is 58.4 Å². The topological polar surface area (TPSA) is 97.4 Å². The molecule has 0 spiro atoms. The minimum absolute atomic E-state index is 0.0722. The Hall–Kier alpha value is -4.87. The zero-order valence-corrected chi connectivity index (χ0v) is 21.7. The first-order valence-corrected chi connectivity index (χ1v) is 13.0. The van der Waals surface area contributed by atoms with Crippen molar-refractivity contribution in [3.63, 3.8) is 0 Å². The van der Waals surface area contributed by atoms with Crippen LogP contribution in [0.5, 0.6) is 0 Å². The number of para-hydroxylation sites is 3. The van der Waals surface area contributed by atoms with Crippen LogP contribution in [0.25, 0.3) is 11.8 Å². The predicted molar refractivity (Wildman–Crippen MR) is 150 cm³/mol. The third-order valence-electron chi connectivity index (χ3n) is 5.80. The van der Waals surface area contributed by atoms with Crippen molar-refractivity contribution in [2.75, 3.05) is 9.80 Å². The van der Waals surface area contributed by atoms with Crippen LogP contribution in [0.4, 0.5) is 11.4 Å². The second-order valence-corrected chi connectivity index (χ2v) is 9.60. The maximum atomic E-state index is 13.6. The van der Waals surface area contributed by atoms with E-state index in [1.165, 1.54) is 27.6 Å². The molecule has 5 aromatic rings. The molecule has 0 saturated carbocycles. The molecule has 2 amide bonds. The fourth-order valence-electron chi connectivity index (χ4n) is 4.01. The third-order valence-corrected chi connectivity index (χ3v) is 7.02. The van der Waals surface area contributed by atoms with Crippen LogP contribution in [0.3, 0.4) is 0 Å². The molecule has 1 fully saturated rings. The lowest BCUT2D eigenvalue weighted by Crippen LogP contribution is -2.56. The van der Waals surface area contributed by atoms with Gasteiger partial charge in [-0.2, -0.15) is 4.68 Å². The van der Waals surface area contributed by atoms with Crippen molar-refractivity contribution < 1.29 is 14.0 Å². The molecular weight excluding hydrogens is 532 g/mol. The van der Waals surface area contributed by atoms with Crippen molar-refractivity contribution in [3.8, 4) is 5.69 Å². The first-order valence-electron chi connectivity index (χ1n) is 11.8. The van der Waals surface area contributed by atoms with E-state index in [1.807, 2.05) is 42.5 Å². The average Bonchev–Trinajstić information content (AvgIpc) is 3.62. The van der Waals surface area contributed by atoms with Gasteiger partial charge < -0.3 is 4.42 Å². The monoisotopic (exact) mass is 550 g/mol. The number of anilines is 2. The van der Waals surface area contributed by atoms with Gasteiger partial charge in [0, 0.05) is 0 Å². The molecule has 3 heterocycles. The van der Waals surface area contributed by atoms with E-state index in [1.54, 1.807) is 65.3 Å². The molecule has 3 aromatic carbocycles. The van der Waals surface area contributed by atoms with E-state index >= 15 is 0 Å². The lowest BCUT2D eigenvalue weighted by atomic mass is 10.1. The zero-order valence-electron chi connectivity index (χ0n) is 20.1. The molecule has 1 aliphatic heterocycles. The summed E-state index contributed by atoms with van der Waals surface area (Å²) < 4.78 is 7.55. The lowest BCUT2D eigenvalue weighted by molar-refractivity contribution is -0.120. The van der Waals surface area contributed by atoms with Crippen LogP contribution >= 0.6 is 24.0 Å². The molecule has 0 atom stereocenters. The van der Waals surface area contributed by atoms with E-state index in [9.17, 15) is 9.59 Å². The van der Waals surface area contributed by atoms with E-state index in [2.05, 4.69) is 15.5 Å². The smallest absolute Gasteiger partial charge is 0.270 e. The van der Waals surface area contributed by atoms with Gasteiger partial charge in [0.1, 0.15) is 11.3 Å². The van der Waals surface area contributed by atoms with Crippen LogP contribution in [0.15, 0.2) is 123 Å². The number of carbonyl (C=O) groups excluding carboxylic acids is 2. The second-order valence-electron chi connectivity index (χ2n) is 8.26.